The summed E-state index contributed by atoms with van der Waals surface area (Å²) in [5.41, 5.74) is 1.01. The minimum absolute atomic E-state index is 0.0743. The molecule has 0 fully saturated rings. The third-order valence-electron chi connectivity index (χ3n) is 1.68. The summed E-state index contributed by atoms with van der Waals surface area (Å²) in [5, 5.41) is 2.57. The van der Waals surface area contributed by atoms with Crippen LogP contribution in [-0.4, -0.2) is 13.0 Å². The first kappa shape index (κ1) is 10.3. The molecule has 0 aliphatic heterocycles. The largest absolute Gasteiger partial charge is 0.497 e. The van der Waals surface area contributed by atoms with Crippen molar-refractivity contribution in [3.05, 3.63) is 36.0 Å². The summed E-state index contributed by atoms with van der Waals surface area (Å²) >= 11 is 0. The summed E-state index contributed by atoms with van der Waals surface area (Å²) in [6.45, 7) is 1.47. The molecule has 0 radical (unpaired) electrons. The molecule has 0 heterocycles. The number of benzene rings is 1. The van der Waals surface area contributed by atoms with Crippen LogP contribution in [0.25, 0.3) is 6.08 Å². The first-order valence-electron chi connectivity index (χ1n) is 4.30. The van der Waals surface area contributed by atoms with Crippen molar-refractivity contribution in [3.8, 4) is 5.75 Å². The molecule has 1 aromatic carbocycles. The third kappa shape index (κ3) is 3.31. The Balaban J connectivity index is 2.59. The molecule has 3 nitrogen and oxygen atoms in total. The Morgan fingerprint density at radius 3 is 2.50 bits per heavy atom. The van der Waals surface area contributed by atoms with Crippen LogP contribution in [0.2, 0.25) is 0 Å². The summed E-state index contributed by atoms with van der Waals surface area (Å²) in [6.07, 6.45) is 3.44. The SMILES string of the molecule is COc1ccc(/C=C/NC(C)=O)cc1. The first-order chi connectivity index (χ1) is 6.72. The monoisotopic (exact) mass is 191 g/mol. The van der Waals surface area contributed by atoms with E-state index in [1.165, 1.54) is 6.92 Å². The molecule has 0 spiro atoms. The van der Waals surface area contributed by atoms with Crippen molar-refractivity contribution < 1.29 is 9.53 Å². The van der Waals surface area contributed by atoms with E-state index in [1.54, 1.807) is 13.3 Å². The van der Waals surface area contributed by atoms with Crippen molar-refractivity contribution in [2.75, 3.05) is 7.11 Å². The topological polar surface area (TPSA) is 38.3 Å². The van der Waals surface area contributed by atoms with E-state index in [2.05, 4.69) is 5.32 Å². The minimum Gasteiger partial charge on any atom is -0.497 e. The van der Waals surface area contributed by atoms with E-state index in [0.29, 0.717) is 0 Å². The van der Waals surface area contributed by atoms with Gasteiger partial charge in [-0.15, -0.1) is 0 Å². The Morgan fingerprint density at radius 1 is 1.36 bits per heavy atom. The number of rotatable bonds is 3. The van der Waals surface area contributed by atoms with Crippen molar-refractivity contribution >= 4 is 12.0 Å². The van der Waals surface area contributed by atoms with Gasteiger partial charge in [-0.05, 0) is 23.8 Å². The van der Waals surface area contributed by atoms with Gasteiger partial charge in [0.05, 0.1) is 7.11 Å². The van der Waals surface area contributed by atoms with E-state index >= 15 is 0 Å². The van der Waals surface area contributed by atoms with Crippen LogP contribution in [0, 0.1) is 0 Å². The van der Waals surface area contributed by atoms with E-state index in [4.69, 9.17) is 4.74 Å². The third-order valence-corrected chi connectivity index (χ3v) is 1.68. The van der Waals surface area contributed by atoms with Gasteiger partial charge in [-0.1, -0.05) is 12.1 Å². The number of ether oxygens (including phenoxy) is 1. The zero-order valence-electron chi connectivity index (χ0n) is 8.28. The molecule has 0 bridgehead atoms. The second kappa shape index (κ2) is 5.07. The number of hydrogen-bond donors (Lipinski definition) is 1. The maximum atomic E-state index is 10.6. The summed E-state index contributed by atoms with van der Waals surface area (Å²) in [6, 6.07) is 7.56. The number of amides is 1. The van der Waals surface area contributed by atoms with Crippen molar-refractivity contribution in [2.24, 2.45) is 0 Å². The van der Waals surface area contributed by atoms with Gasteiger partial charge in [0.1, 0.15) is 5.75 Å². The van der Waals surface area contributed by atoms with Crippen LogP contribution in [-0.2, 0) is 4.79 Å². The Hall–Kier alpha value is -1.77. The number of carbonyl (C=O) groups is 1. The maximum absolute atomic E-state index is 10.6. The molecular weight excluding hydrogens is 178 g/mol. The van der Waals surface area contributed by atoms with Gasteiger partial charge in [-0.3, -0.25) is 4.79 Å². The molecule has 0 saturated carbocycles. The maximum Gasteiger partial charge on any atom is 0.220 e. The van der Waals surface area contributed by atoms with E-state index in [0.717, 1.165) is 11.3 Å². The molecule has 1 amide bonds. The predicted octanol–water partition coefficient (Wildman–Crippen LogP) is 1.80. The van der Waals surface area contributed by atoms with Crippen LogP contribution >= 0.6 is 0 Å². The van der Waals surface area contributed by atoms with E-state index in [1.807, 2.05) is 30.3 Å². The van der Waals surface area contributed by atoms with E-state index in [9.17, 15) is 4.79 Å². The molecule has 3 heteroatoms. The molecule has 0 atom stereocenters. The summed E-state index contributed by atoms with van der Waals surface area (Å²) < 4.78 is 5.02. The van der Waals surface area contributed by atoms with Gasteiger partial charge in [-0.25, -0.2) is 0 Å². The van der Waals surface area contributed by atoms with Crippen LogP contribution in [0.3, 0.4) is 0 Å². The molecule has 0 aliphatic rings. The van der Waals surface area contributed by atoms with Crippen molar-refractivity contribution in [2.45, 2.75) is 6.92 Å². The van der Waals surface area contributed by atoms with Crippen LogP contribution in [0.4, 0.5) is 0 Å². The minimum atomic E-state index is -0.0743. The Kier molecular flexibility index (Phi) is 3.73. The van der Waals surface area contributed by atoms with Crippen LogP contribution in [0.15, 0.2) is 30.5 Å². The second-order valence-electron chi connectivity index (χ2n) is 2.81. The molecule has 0 unspecified atom stereocenters. The summed E-state index contributed by atoms with van der Waals surface area (Å²) in [4.78, 5) is 10.6. The van der Waals surface area contributed by atoms with Gasteiger partial charge < -0.3 is 10.1 Å². The molecule has 0 saturated heterocycles. The quantitative estimate of drug-likeness (QED) is 0.791. The van der Waals surface area contributed by atoms with E-state index < -0.39 is 0 Å². The zero-order chi connectivity index (χ0) is 10.4. The lowest BCUT2D eigenvalue weighted by Crippen LogP contribution is -2.10. The Labute approximate surface area is 83.4 Å². The second-order valence-corrected chi connectivity index (χ2v) is 2.81. The van der Waals surface area contributed by atoms with Gasteiger partial charge in [0.2, 0.25) is 5.91 Å². The summed E-state index contributed by atoms with van der Waals surface area (Å²) in [7, 11) is 1.63. The molecule has 0 aromatic heterocycles. The first-order valence-corrected chi connectivity index (χ1v) is 4.30. The summed E-state index contributed by atoms with van der Waals surface area (Å²) in [5.74, 6) is 0.747. The zero-order valence-corrected chi connectivity index (χ0v) is 8.28. The normalized spacial score (nSPS) is 10.1. The fraction of sp³-hybridized carbons (Fsp3) is 0.182. The molecule has 1 aromatic rings. The lowest BCUT2D eigenvalue weighted by molar-refractivity contribution is -0.118. The van der Waals surface area contributed by atoms with Gasteiger partial charge >= 0.3 is 0 Å². The van der Waals surface area contributed by atoms with Crippen molar-refractivity contribution in [1.82, 2.24) is 5.32 Å². The highest BCUT2D eigenvalue weighted by Crippen LogP contribution is 2.11. The molecule has 14 heavy (non-hydrogen) atoms. The van der Waals surface area contributed by atoms with Crippen molar-refractivity contribution in [3.63, 3.8) is 0 Å². The van der Waals surface area contributed by atoms with E-state index in [-0.39, 0.29) is 5.91 Å². The number of nitrogens with one attached hydrogen (secondary N) is 1. The van der Waals surface area contributed by atoms with Crippen molar-refractivity contribution in [1.29, 1.82) is 0 Å². The highest BCUT2D eigenvalue weighted by Gasteiger charge is 1.89. The smallest absolute Gasteiger partial charge is 0.220 e. The average molecular weight is 191 g/mol. The Morgan fingerprint density at radius 2 is 2.00 bits per heavy atom. The lowest BCUT2D eigenvalue weighted by Gasteiger charge is -1.99. The molecule has 1 rings (SSSR count). The number of methoxy groups -OCH3 is 1. The van der Waals surface area contributed by atoms with Crippen LogP contribution < -0.4 is 10.1 Å². The van der Waals surface area contributed by atoms with Gasteiger partial charge in [-0.2, -0.15) is 0 Å². The van der Waals surface area contributed by atoms with Gasteiger partial charge in [0.25, 0.3) is 0 Å². The fourth-order valence-corrected chi connectivity index (χ4v) is 0.970. The number of hydrogen-bond acceptors (Lipinski definition) is 2. The van der Waals surface area contributed by atoms with Gasteiger partial charge in [0.15, 0.2) is 0 Å². The Bertz CT molecular complexity index is 328. The average Bonchev–Trinajstić information content (AvgIpc) is 2.18. The molecule has 1 N–H and O–H groups in total. The van der Waals surface area contributed by atoms with Crippen LogP contribution in [0.1, 0.15) is 12.5 Å². The standard InChI is InChI=1S/C11H13NO2/c1-9(13)12-8-7-10-3-5-11(14-2)6-4-10/h3-8H,1-2H3,(H,12,13)/b8-7+. The molecule has 74 valence electrons. The molecular formula is C11H13NO2. The highest BCUT2D eigenvalue weighted by molar-refractivity contribution is 5.74. The van der Waals surface area contributed by atoms with Gasteiger partial charge in [0, 0.05) is 13.1 Å². The highest BCUT2D eigenvalue weighted by atomic mass is 16.5. The lowest BCUT2D eigenvalue weighted by atomic mass is 10.2. The number of carbonyl (C=O) groups excluding carboxylic acids is 1. The predicted molar refractivity (Wildman–Crippen MR) is 55.8 cm³/mol. The molecule has 0 aliphatic carbocycles. The van der Waals surface area contributed by atoms with Crippen LogP contribution in [0.5, 0.6) is 5.75 Å². The fourth-order valence-electron chi connectivity index (χ4n) is 0.970.